The minimum Gasteiger partial charge on any atom is -0.489 e. The van der Waals surface area contributed by atoms with Crippen molar-refractivity contribution in [3.63, 3.8) is 0 Å². The Bertz CT molecular complexity index is 709. The largest absolute Gasteiger partial charge is 0.489 e. The Kier molecular flexibility index (Phi) is 6.14. The van der Waals surface area contributed by atoms with Crippen LogP contribution >= 0.6 is 0 Å². The van der Waals surface area contributed by atoms with E-state index < -0.39 is 0 Å². The molecule has 6 heteroatoms. The molecule has 1 aromatic carbocycles. The normalized spacial score (nSPS) is 10.5. The van der Waals surface area contributed by atoms with Gasteiger partial charge in [0.15, 0.2) is 0 Å². The van der Waals surface area contributed by atoms with Gasteiger partial charge in [0, 0.05) is 19.7 Å². The molecule has 0 fully saturated rings. The summed E-state index contributed by atoms with van der Waals surface area (Å²) in [5, 5.41) is 7.04. The Labute approximate surface area is 142 Å². The monoisotopic (exact) mass is 329 g/mol. The number of nitrogens with zero attached hydrogens (tertiary/aromatic N) is 2. The predicted octanol–water partition coefficient (Wildman–Crippen LogP) is 2.78. The molecule has 0 atom stereocenters. The van der Waals surface area contributed by atoms with Crippen LogP contribution in [0.4, 0.5) is 0 Å². The first-order valence-electron chi connectivity index (χ1n) is 7.64. The summed E-state index contributed by atoms with van der Waals surface area (Å²) >= 11 is 0. The van der Waals surface area contributed by atoms with Crippen LogP contribution in [-0.2, 0) is 17.9 Å². The van der Waals surface area contributed by atoms with Crippen molar-refractivity contribution < 1.29 is 14.3 Å². The van der Waals surface area contributed by atoms with Crippen molar-refractivity contribution in [2.45, 2.75) is 20.1 Å². The fraction of sp³-hybridized carbons (Fsp3) is 0.333. The molecule has 0 bridgehead atoms. The van der Waals surface area contributed by atoms with Gasteiger partial charge < -0.3 is 14.4 Å². The number of carbonyl (C=O) groups is 1. The molecule has 0 saturated carbocycles. The lowest BCUT2D eigenvalue weighted by molar-refractivity contribution is 0.0783. The minimum atomic E-state index is -0.0846. The molecule has 1 heterocycles. The Morgan fingerprint density at radius 1 is 1.38 bits per heavy atom. The maximum absolute atomic E-state index is 12.6. The van der Waals surface area contributed by atoms with Crippen LogP contribution in [0.3, 0.4) is 0 Å². The first kappa shape index (κ1) is 17.7. The van der Waals surface area contributed by atoms with E-state index in [0.29, 0.717) is 31.1 Å². The van der Waals surface area contributed by atoms with Crippen LogP contribution in [0.25, 0.3) is 0 Å². The summed E-state index contributed by atoms with van der Waals surface area (Å²) in [5.41, 5.74) is 3.17. The molecule has 0 aliphatic carbocycles. The average molecular weight is 329 g/mol. The second kappa shape index (κ2) is 8.31. The average Bonchev–Trinajstić information content (AvgIpc) is 3.00. The molecule has 0 radical (unpaired) electrons. The number of carbonyl (C=O) groups excluding carboxylic acids is 1. The fourth-order valence-corrected chi connectivity index (χ4v) is 2.19. The number of H-pyrrole nitrogens is 1. The highest BCUT2D eigenvalue weighted by Gasteiger charge is 2.14. The van der Waals surface area contributed by atoms with Gasteiger partial charge in [-0.25, -0.2) is 0 Å². The number of aromatic nitrogens is 2. The molecule has 2 aromatic rings. The lowest BCUT2D eigenvalue weighted by Gasteiger charge is -2.16. The van der Waals surface area contributed by atoms with E-state index in [4.69, 9.17) is 9.47 Å². The number of aromatic amines is 1. The van der Waals surface area contributed by atoms with Crippen molar-refractivity contribution in [1.82, 2.24) is 15.1 Å². The molecule has 0 aliphatic heterocycles. The van der Waals surface area contributed by atoms with Crippen LogP contribution in [0.15, 0.2) is 42.5 Å². The Balaban J connectivity index is 2.01. The standard InChI is InChI=1S/C18H23N3O3/c1-13(2)11-24-17-7-5-6-14(8-17)18(22)21(3)10-15-9-16(12-23-4)20-19-15/h5-9H,1,10-12H2,2-4H3,(H,19,20). The number of hydrogen-bond acceptors (Lipinski definition) is 4. The summed E-state index contributed by atoms with van der Waals surface area (Å²) in [7, 11) is 3.37. The summed E-state index contributed by atoms with van der Waals surface area (Å²) in [4.78, 5) is 14.2. The quantitative estimate of drug-likeness (QED) is 0.756. The highest BCUT2D eigenvalue weighted by molar-refractivity contribution is 5.94. The molecular formula is C18H23N3O3. The van der Waals surface area contributed by atoms with E-state index in [-0.39, 0.29) is 5.91 Å². The lowest BCUT2D eigenvalue weighted by atomic mass is 10.2. The zero-order valence-corrected chi connectivity index (χ0v) is 14.3. The van der Waals surface area contributed by atoms with Crippen LogP contribution in [-0.4, -0.2) is 41.8 Å². The number of ether oxygens (including phenoxy) is 2. The second-order valence-electron chi connectivity index (χ2n) is 5.75. The highest BCUT2D eigenvalue weighted by Crippen LogP contribution is 2.16. The van der Waals surface area contributed by atoms with Gasteiger partial charge in [-0.1, -0.05) is 12.6 Å². The van der Waals surface area contributed by atoms with E-state index in [1.807, 2.05) is 25.1 Å². The fourth-order valence-electron chi connectivity index (χ4n) is 2.19. The molecule has 0 aliphatic rings. The predicted molar refractivity (Wildman–Crippen MR) is 91.8 cm³/mol. The van der Waals surface area contributed by atoms with Crippen molar-refractivity contribution in [3.05, 3.63) is 59.4 Å². The third kappa shape index (κ3) is 4.96. The number of hydrogen-bond donors (Lipinski definition) is 1. The van der Waals surface area contributed by atoms with Gasteiger partial charge in [0.05, 0.1) is 24.5 Å². The van der Waals surface area contributed by atoms with Crippen LogP contribution in [0.1, 0.15) is 28.7 Å². The number of nitrogens with one attached hydrogen (secondary N) is 1. The molecule has 1 aromatic heterocycles. The zero-order valence-electron chi connectivity index (χ0n) is 14.3. The molecule has 128 valence electrons. The maximum atomic E-state index is 12.6. The molecule has 0 saturated heterocycles. The van der Waals surface area contributed by atoms with Gasteiger partial charge in [-0.3, -0.25) is 9.89 Å². The first-order valence-corrected chi connectivity index (χ1v) is 7.64. The maximum Gasteiger partial charge on any atom is 0.254 e. The van der Waals surface area contributed by atoms with Gasteiger partial charge in [0.2, 0.25) is 0 Å². The van der Waals surface area contributed by atoms with E-state index in [0.717, 1.165) is 17.0 Å². The third-order valence-electron chi connectivity index (χ3n) is 3.30. The van der Waals surface area contributed by atoms with Crippen LogP contribution in [0.2, 0.25) is 0 Å². The van der Waals surface area contributed by atoms with Gasteiger partial charge in [-0.2, -0.15) is 5.10 Å². The van der Waals surface area contributed by atoms with Crippen molar-refractivity contribution in [3.8, 4) is 5.75 Å². The van der Waals surface area contributed by atoms with Gasteiger partial charge in [0.1, 0.15) is 12.4 Å². The van der Waals surface area contributed by atoms with E-state index in [1.165, 1.54) is 0 Å². The van der Waals surface area contributed by atoms with Gasteiger partial charge in [-0.15, -0.1) is 0 Å². The zero-order chi connectivity index (χ0) is 17.5. The van der Waals surface area contributed by atoms with Gasteiger partial charge >= 0.3 is 0 Å². The number of amides is 1. The van der Waals surface area contributed by atoms with Crippen LogP contribution in [0.5, 0.6) is 5.75 Å². The summed E-state index contributed by atoms with van der Waals surface area (Å²) < 4.78 is 10.6. The van der Waals surface area contributed by atoms with Gasteiger partial charge in [0.25, 0.3) is 5.91 Å². The molecule has 1 N–H and O–H groups in total. The number of rotatable bonds is 8. The van der Waals surface area contributed by atoms with Gasteiger partial charge in [-0.05, 0) is 36.8 Å². The summed E-state index contributed by atoms with van der Waals surface area (Å²) in [5.74, 6) is 0.569. The highest BCUT2D eigenvalue weighted by atomic mass is 16.5. The molecular weight excluding hydrogens is 306 g/mol. The summed E-state index contributed by atoms with van der Waals surface area (Å²) in [6.07, 6.45) is 0. The second-order valence-corrected chi connectivity index (χ2v) is 5.75. The van der Waals surface area contributed by atoms with Crippen LogP contribution < -0.4 is 4.74 Å². The SMILES string of the molecule is C=C(C)COc1cccc(C(=O)N(C)Cc2cc(COC)n[nH]2)c1. The summed E-state index contributed by atoms with van der Waals surface area (Å²) in [6, 6.07) is 9.04. The Morgan fingerprint density at radius 3 is 2.88 bits per heavy atom. The van der Waals surface area contributed by atoms with E-state index in [9.17, 15) is 4.79 Å². The van der Waals surface area contributed by atoms with Crippen molar-refractivity contribution in [1.29, 1.82) is 0 Å². The Morgan fingerprint density at radius 2 is 2.17 bits per heavy atom. The van der Waals surface area contributed by atoms with E-state index in [2.05, 4.69) is 16.8 Å². The molecule has 24 heavy (non-hydrogen) atoms. The van der Waals surface area contributed by atoms with Crippen molar-refractivity contribution in [2.24, 2.45) is 0 Å². The summed E-state index contributed by atoms with van der Waals surface area (Å²) in [6.45, 7) is 7.01. The van der Waals surface area contributed by atoms with Crippen molar-refractivity contribution >= 4 is 5.91 Å². The molecule has 6 nitrogen and oxygen atoms in total. The molecule has 0 unspecified atom stereocenters. The number of benzene rings is 1. The van der Waals surface area contributed by atoms with Crippen LogP contribution in [0, 0.1) is 0 Å². The third-order valence-corrected chi connectivity index (χ3v) is 3.30. The molecule has 0 spiro atoms. The lowest BCUT2D eigenvalue weighted by Crippen LogP contribution is -2.26. The molecule has 2 rings (SSSR count). The van der Waals surface area contributed by atoms with E-state index >= 15 is 0 Å². The Hall–Kier alpha value is -2.60. The first-order chi connectivity index (χ1) is 11.5. The smallest absolute Gasteiger partial charge is 0.254 e. The minimum absolute atomic E-state index is 0.0846. The van der Waals surface area contributed by atoms with Crippen molar-refractivity contribution in [2.75, 3.05) is 20.8 Å². The molecule has 1 amide bonds. The number of methoxy groups -OCH3 is 1. The van der Waals surface area contributed by atoms with E-state index in [1.54, 1.807) is 31.2 Å². The topological polar surface area (TPSA) is 67.4 Å².